The second-order valence-corrected chi connectivity index (χ2v) is 8.35. The summed E-state index contributed by atoms with van der Waals surface area (Å²) in [4.78, 5) is 29.5. The molecule has 2 fully saturated rings. The minimum Gasteiger partial charge on any atom is -0.381 e. The smallest absolute Gasteiger partial charge is 0.254 e. The number of rotatable bonds is 6. The number of nitrogens with zero attached hydrogens (tertiary/aromatic N) is 2. The van der Waals surface area contributed by atoms with Crippen LogP contribution in [-0.2, 0) is 16.1 Å². The second-order valence-electron chi connectivity index (χ2n) is 8.35. The third-order valence-corrected chi connectivity index (χ3v) is 6.28. The van der Waals surface area contributed by atoms with E-state index in [1.807, 2.05) is 29.2 Å². The van der Waals surface area contributed by atoms with Crippen molar-refractivity contribution in [2.24, 2.45) is 11.8 Å². The number of carbonyl (C=O) groups excluding carboxylic acids is 2. The van der Waals surface area contributed by atoms with Gasteiger partial charge in [-0.15, -0.1) is 0 Å². The minimum atomic E-state index is -0.0132. The summed E-state index contributed by atoms with van der Waals surface area (Å²) in [5.41, 5.74) is 1.77. The van der Waals surface area contributed by atoms with Gasteiger partial charge in [-0.3, -0.25) is 9.59 Å². The molecule has 1 aromatic rings. The lowest BCUT2D eigenvalue weighted by Crippen LogP contribution is -2.45. The molecule has 0 spiro atoms. The number of ether oxygens (including phenoxy) is 1. The quantitative estimate of drug-likeness (QED) is 0.773. The molecule has 3 aliphatic rings. The Balaban J connectivity index is 1.41. The van der Waals surface area contributed by atoms with Gasteiger partial charge < -0.3 is 14.5 Å². The molecule has 4 rings (SSSR count). The molecule has 2 aliphatic heterocycles. The van der Waals surface area contributed by atoms with E-state index in [4.69, 9.17) is 4.74 Å². The summed E-state index contributed by atoms with van der Waals surface area (Å²) in [6.45, 7) is 3.89. The summed E-state index contributed by atoms with van der Waals surface area (Å²) in [6.07, 6.45) is 7.35. The van der Waals surface area contributed by atoms with Gasteiger partial charge in [0.2, 0.25) is 5.91 Å². The molecule has 0 aromatic heterocycles. The summed E-state index contributed by atoms with van der Waals surface area (Å²) in [6, 6.07) is 7.68. The fourth-order valence-corrected chi connectivity index (χ4v) is 4.70. The molecule has 2 heterocycles. The Kier molecular flexibility index (Phi) is 5.77. The number of hydrogen-bond acceptors (Lipinski definition) is 3. The van der Waals surface area contributed by atoms with Crippen LogP contribution >= 0.6 is 0 Å². The van der Waals surface area contributed by atoms with E-state index in [2.05, 4.69) is 0 Å². The van der Waals surface area contributed by atoms with Gasteiger partial charge in [-0.2, -0.15) is 0 Å². The topological polar surface area (TPSA) is 49.9 Å². The highest BCUT2D eigenvalue weighted by atomic mass is 16.5. The van der Waals surface area contributed by atoms with Crippen molar-refractivity contribution >= 4 is 11.8 Å². The Bertz CT molecular complexity index is 678. The maximum atomic E-state index is 13.1. The monoisotopic (exact) mass is 370 g/mol. The van der Waals surface area contributed by atoms with Crippen LogP contribution in [0.15, 0.2) is 24.3 Å². The molecule has 2 amide bonds. The van der Waals surface area contributed by atoms with Crippen LogP contribution < -0.4 is 0 Å². The Morgan fingerprint density at radius 1 is 1.07 bits per heavy atom. The predicted molar refractivity (Wildman–Crippen MR) is 103 cm³/mol. The number of fused-ring (bicyclic) bond motifs is 1. The van der Waals surface area contributed by atoms with Crippen molar-refractivity contribution in [3.63, 3.8) is 0 Å². The molecule has 5 nitrogen and oxygen atoms in total. The molecule has 0 bridgehead atoms. The number of hydrogen-bond donors (Lipinski definition) is 0. The van der Waals surface area contributed by atoms with E-state index < -0.39 is 0 Å². The van der Waals surface area contributed by atoms with E-state index in [0.717, 1.165) is 43.9 Å². The maximum Gasteiger partial charge on any atom is 0.254 e. The fourth-order valence-electron chi connectivity index (χ4n) is 4.70. The van der Waals surface area contributed by atoms with Crippen LogP contribution in [0.4, 0.5) is 0 Å². The third kappa shape index (κ3) is 4.34. The van der Waals surface area contributed by atoms with Gasteiger partial charge in [0, 0.05) is 37.7 Å². The normalized spacial score (nSPS) is 22.9. The standard InChI is InChI=1S/C22H30N2O3/c25-21(15-24-14-19-8-4-5-9-20(19)22(24)26)23(13-18-10-11-27-16-18)12-17-6-2-1-3-7-17/h4-5,8-9,17-18H,1-3,6-7,10-16H2/t18-/m0/s1. The average Bonchev–Trinajstić information content (AvgIpc) is 3.31. The molecular formula is C22H30N2O3. The zero-order valence-corrected chi connectivity index (χ0v) is 16.1. The van der Waals surface area contributed by atoms with Gasteiger partial charge in [-0.1, -0.05) is 37.5 Å². The van der Waals surface area contributed by atoms with Gasteiger partial charge in [0.25, 0.3) is 5.91 Å². The Hall–Kier alpha value is -1.88. The third-order valence-electron chi connectivity index (χ3n) is 6.28. The number of benzene rings is 1. The first-order valence-electron chi connectivity index (χ1n) is 10.4. The van der Waals surface area contributed by atoms with Crippen LogP contribution in [0.25, 0.3) is 0 Å². The molecule has 0 N–H and O–H groups in total. The van der Waals surface area contributed by atoms with E-state index in [9.17, 15) is 9.59 Å². The average molecular weight is 370 g/mol. The van der Waals surface area contributed by atoms with Gasteiger partial charge in [-0.05, 0) is 36.8 Å². The van der Waals surface area contributed by atoms with Crippen molar-refractivity contribution in [2.75, 3.05) is 32.8 Å². The lowest BCUT2D eigenvalue weighted by atomic mass is 9.88. The minimum absolute atomic E-state index is 0.0132. The molecule has 27 heavy (non-hydrogen) atoms. The van der Waals surface area contributed by atoms with Gasteiger partial charge in [-0.25, -0.2) is 0 Å². The molecule has 5 heteroatoms. The maximum absolute atomic E-state index is 13.1. The first-order valence-corrected chi connectivity index (χ1v) is 10.4. The van der Waals surface area contributed by atoms with Crippen LogP contribution in [0.1, 0.15) is 54.4 Å². The van der Waals surface area contributed by atoms with Crippen LogP contribution in [0.5, 0.6) is 0 Å². The molecule has 1 aliphatic carbocycles. The number of carbonyl (C=O) groups is 2. The summed E-state index contributed by atoms with van der Waals surface area (Å²) < 4.78 is 5.52. The molecular weight excluding hydrogens is 340 g/mol. The van der Waals surface area contributed by atoms with Gasteiger partial charge in [0.05, 0.1) is 6.61 Å². The zero-order valence-electron chi connectivity index (χ0n) is 16.1. The van der Waals surface area contributed by atoms with E-state index in [-0.39, 0.29) is 18.4 Å². The van der Waals surface area contributed by atoms with Crippen LogP contribution in [0.2, 0.25) is 0 Å². The molecule has 0 radical (unpaired) electrons. The van der Waals surface area contributed by atoms with Crippen molar-refractivity contribution in [2.45, 2.75) is 45.1 Å². The SMILES string of the molecule is O=C(CN1Cc2ccccc2C1=O)N(CC1CCCCC1)C[C@@H]1CCOC1. The highest BCUT2D eigenvalue weighted by Gasteiger charge is 2.31. The molecule has 1 saturated heterocycles. The van der Waals surface area contributed by atoms with Gasteiger partial charge >= 0.3 is 0 Å². The Morgan fingerprint density at radius 3 is 2.59 bits per heavy atom. The van der Waals surface area contributed by atoms with E-state index in [0.29, 0.717) is 18.4 Å². The molecule has 146 valence electrons. The van der Waals surface area contributed by atoms with Crippen molar-refractivity contribution < 1.29 is 14.3 Å². The first-order chi connectivity index (χ1) is 13.2. The lowest BCUT2D eigenvalue weighted by molar-refractivity contribution is -0.133. The van der Waals surface area contributed by atoms with Crippen LogP contribution in [0, 0.1) is 11.8 Å². The zero-order chi connectivity index (χ0) is 18.6. The molecule has 1 aromatic carbocycles. The fraction of sp³-hybridized carbons (Fsp3) is 0.636. The molecule has 0 unspecified atom stereocenters. The highest BCUT2D eigenvalue weighted by Crippen LogP contribution is 2.26. The largest absolute Gasteiger partial charge is 0.381 e. The van der Waals surface area contributed by atoms with E-state index >= 15 is 0 Å². The Morgan fingerprint density at radius 2 is 1.85 bits per heavy atom. The molecule has 1 saturated carbocycles. The van der Waals surface area contributed by atoms with Crippen molar-refractivity contribution in [3.8, 4) is 0 Å². The number of amides is 2. The molecule has 1 atom stereocenters. The van der Waals surface area contributed by atoms with E-state index in [1.165, 1.54) is 32.1 Å². The first kappa shape index (κ1) is 18.5. The van der Waals surface area contributed by atoms with Gasteiger partial charge in [0.15, 0.2) is 0 Å². The predicted octanol–water partition coefficient (Wildman–Crippen LogP) is 3.09. The van der Waals surface area contributed by atoms with Gasteiger partial charge in [0.1, 0.15) is 6.54 Å². The van der Waals surface area contributed by atoms with Crippen molar-refractivity contribution in [3.05, 3.63) is 35.4 Å². The van der Waals surface area contributed by atoms with Crippen molar-refractivity contribution in [1.82, 2.24) is 9.80 Å². The Labute approximate surface area is 161 Å². The van der Waals surface area contributed by atoms with E-state index in [1.54, 1.807) is 4.90 Å². The van der Waals surface area contributed by atoms with Crippen molar-refractivity contribution in [1.29, 1.82) is 0 Å². The lowest BCUT2D eigenvalue weighted by Gasteiger charge is -2.32. The summed E-state index contributed by atoms with van der Waals surface area (Å²) in [5, 5.41) is 0. The van der Waals surface area contributed by atoms with Crippen LogP contribution in [-0.4, -0.2) is 54.5 Å². The summed E-state index contributed by atoms with van der Waals surface area (Å²) >= 11 is 0. The highest BCUT2D eigenvalue weighted by molar-refractivity contribution is 6.00. The summed E-state index contributed by atoms with van der Waals surface area (Å²) in [7, 11) is 0. The van der Waals surface area contributed by atoms with Crippen LogP contribution in [0.3, 0.4) is 0 Å². The summed E-state index contributed by atoms with van der Waals surface area (Å²) in [5.74, 6) is 1.12. The second kappa shape index (κ2) is 8.42.